The summed E-state index contributed by atoms with van der Waals surface area (Å²) in [6.07, 6.45) is 0. The fourth-order valence-electron chi connectivity index (χ4n) is 1.17. The number of carbonyl (C=O) groups is 1. The van der Waals surface area contributed by atoms with E-state index in [1.165, 1.54) is 0 Å². The maximum absolute atomic E-state index is 11.1. The van der Waals surface area contributed by atoms with E-state index in [9.17, 15) is 4.79 Å². The number of rotatable bonds is 7. The maximum atomic E-state index is 11.1. The second kappa shape index (κ2) is 7.51. The Balaban J connectivity index is 2.11. The number of anilines is 1. The van der Waals surface area contributed by atoms with Crippen LogP contribution in [0.4, 0.5) is 5.69 Å². The van der Waals surface area contributed by atoms with E-state index in [0.29, 0.717) is 25.4 Å². The molecule has 0 atom stereocenters. The van der Waals surface area contributed by atoms with Gasteiger partial charge in [-0.1, -0.05) is 0 Å². The van der Waals surface area contributed by atoms with E-state index in [0.717, 1.165) is 5.75 Å². The number of amides is 1. The van der Waals surface area contributed by atoms with E-state index in [2.05, 4.69) is 5.32 Å². The van der Waals surface area contributed by atoms with Crippen LogP contribution in [0.5, 0.6) is 5.75 Å². The van der Waals surface area contributed by atoms with Gasteiger partial charge in [0, 0.05) is 12.3 Å². The first kappa shape index (κ1) is 13.3. The van der Waals surface area contributed by atoms with Gasteiger partial charge in [0.2, 0.25) is 5.91 Å². The molecular weight excluding hydrogens is 220 g/mol. The van der Waals surface area contributed by atoms with Crippen LogP contribution >= 0.6 is 0 Å². The Morgan fingerprint density at radius 2 is 2.06 bits per heavy atom. The number of nitrogens with two attached hydrogens (primary N) is 1. The van der Waals surface area contributed by atoms with Gasteiger partial charge in [0.15, 0.2) is 0 Å². The van der Waals surface area contributed by atoms with Gasteiger partial charge >= 0.3 is 0 Å². The molecule has 17 heavy (non-hydrogen) atoms. The van der Waals surface area contributed by atoms with Gasteiger partial charge in [-0.25, -0.2) is 0 Å². The summed E-state index contributed by atoms with van der Waals surface area (Å²) < 4.78 is 10.4. The highest BCUT2D eigenvalue weighted by molar-refractivity contribution is 5.77. The molecule has 1 rings (SSSR count). The van der Waals surface area contributed by atoms with E-state index in [4.69, 9.17) is 15.2 Å². The van der Waals surface area contributed by atoms with Crippen LogP contribution < -0.4 is 15.8 Å². The smallest absolute Gasteiger partial charge is 0.246 e. The summed E-state index contributed by atoms with van der Waals surface area (Å²) in [5.41, 5.74) is 6.24. The van der Waals surface area contributed by atoms with Crippen LogP contribution in [-0.2, 0) is 9.53 Å². The Bertz CT molecular complexity index is 338. The van der Waals surface area contributed by atoms with Gasteiger partial charge in [-0.3, -0.25) is 4.79 Å². The van der Waals surface area contributed by atoms with Gasteiger partial charge in [-0.2, -0.15) is 0 Å². The van der Waals surface area contributed by atoms with Crippen LogP contribution in [-0.4, -0.2) is 32.3 Å². The zero-order chi connectivity index (χ0) is 12.5. The highest BCUT2D eigenvalue weighted by Gasteiger charge is 1.99. The molecule has 1 aromatic carbocycles. The molecule has 0 bridgehead atoms. The molecule has 0 heterocycles. The van der Waals surface area contributed by atoms with Crippen LogP contribution in [0.25, 0.3) is 0 Å². The number of benzene rings is 1. The van der Waals surface area contributed by atoms with Crippen molar-refractivity contribution in [3.63, 3.8) is 0 Å². The predicted octanol–water partition coefficient (Wildman–Crippen LogP) is 0.800. The number of nitrogen functional groups attached to an aromatic ring is 1. The molecule has 0 unspecified atom stereocenters. The van der Waals surface area contributed by atoms with Crippen LogP contribution in [0.1, 0.15) is 6.92 Å². The first-order chi connectivity index (χ1) is 8.22. The van der Waals surface area contributed by atoms with Crippen LogP contribution in [0.2, 0.25) is 0 Å². The third-order valence-electron chi connectivity index (χ3n) is 2.01. The Morgan fingerprint density at radius 3 is 2.71 bits per heavy atom. The van der Waals surface area contributed by atoms with Crippen LogP contribution in [0, 0.1) is 0 Å². The molecular formula is C12H18N2O3. The molecule has 94 valence electrons. The zero-order valence-corrected chi connectivity index (χ0v) is 9.94. The maximum Gasteiger partial charge on any atom is 0.246 e. The molecule has 0 saturated heterocycles. The van der Waals surface area contributed by atoms with Crippen molar-refractivity contribution in [2.45, 2.75) is 6.92 Å². The van der Waals surface area contributed by atoms with Crippen molar-refractivity contribution in [1.29, 1.82) is 0 Å². The first-order valence-corrected chi connectivity index (χ1v) is 5.55. The number of carbonyl (C=O) groups excluding carboxylic acids is 1. The Labute approximate surface area is 101 Å². The number of hydrogen-bond acceptors (Lipinski definition) is 4. The topological polar surface area (TPSA) is 73.6 Å². The largest absolute Gasteiger partial charge is 0.492 e. The molecule has 0 aromatic heterocycles. The quantitative estimate of drug-likeness (QED) is 0.544. The summed E-state index contributed by atoms with van der Waals surface area (Å²) in [6.45, 7) is 3.35. The fraction of sp³-hybridized carbons (Fsp3) is 0.417. The first-order valence-electron chi connectivity index (χ1n) is 5.55. The molecule has 0 fully saturated rings. The van der Waals surface area contributed by atoms with Gasteiger partial charge in [0.05, 0.1) is 6.54 Å². The van der Waals surface area contributed by atoms with Crippen molar-refractivity contribution in [3.8, 4) is 5.75 Å². The zero-order valence-electron chi connectivity index (χ0n) is 9.94. The van der Waals surface area contributed by atoms with E-state index >= 15 is 0 Å². The molecule has 0 saturated carbocycles. The van der Waals surface area contributed by atoms with Gasteiger partial charge in [0.1, 0.15) is 19.0 Å². The highest BCUT2D eigenvalue weighted by Crippen LogP contribution is 2.12. The Kier molecular flexibility index (Phi) is 5.88. The van der Waals surface area contributed by atoms with Gasteiger partial charge in [-0.05, 0) is 31.2 Å². The van der Waals surface area contributed by atoms with Gasteiger partial charge in [-0.15, -0.1) is 0 Å². The third kappa shape index (κ3) is 5.77. The summed E-state index contributed by atoms with van der Waals surface area (Å²) >= 11 is 0. The van der Waals surface area contributed by atoms with Crippen molar-refractivity contribution in [2.24, 2.45) is 0 Å². The lowest BCUT2D eigenvalue weighted by Gasteiger charge is -2.07. The molecule has 0 radical (unpaired) electrons. The van der Waals surface area contributed by atoms with E-state index in [1.807, 2.05) is 6.92 Å². The summed E-state index contributed by atoms with van der Waals surface area (Å²) in [4.78, 5) is 11.1. The van der Waals surface area contributed by atoms with E-state index < -0.39 is 0 Å². The minimum Gasteiger partial charge on any atom is -0.492 e. The van der Waals surface area contributed by atoms with Gasteiger partial charge in [0.25, 0.3) is 0 Å². The van der Waals surface area contributed by atoms with E-state index in [1.54, 1.807) is 24.3 Å². The van der Waals surface area contributed by atoms with Gasteiger partial charge < -0.3 is 20.5 Å². The molecule has 0 spiro atoms. The summed E-state index contributed by atoms with van der Waals surface area (Å²) in [5.74, 6) is 0.603. The molecule has 1 aromatic rings. The molecule has 5 heteroatoms. The third-order valence-corrected chi connectivity index (χ3v) is 2.01. The molecule has 5 nitrogen and oxygen atoms in total. The van der Waals surface area contributed by atoms with Crippen molar-refractivity contribution in [1.82, 2.24) is 5.32 Å². The molecule has 3 N–H and O–H groups in total. The summed E-state index contributed by atoms with van der Waals surface area (Å²) in [7, 11) is 0. The monoisotopic (exact) mass is 238 g/mol. The Morgan fingerprint density at radius 1 is 1.35 bits per heavy atom. The lowest BCUT2D eigenvalue weighted by atomic mass is 10.3. The van der Waals surface area contributed by atoms with Crippen molar-refractivity contribution >= 4 is 11.6 Å². The Hall–Kier alpha value is -1.75. The SMILES string of the molecule is CCOCC(=O)NCCOc1ccc(N)cc1. The van der Waals surface area contributed by atoms with Crippen molar-refractivity contribution in [3.05, 3.63) is 24.3 Å². The van der Waals surface area contributed by atoms with Crippen molar-refractivity contribution in [2.75, 3.05) is 32.1 Å². The van der Waals surface area contributed by atoms with E-state index in [-0.39, 0.29) is 12.5 Å². The average Bonchev–Trinajstić information content (AvgIpc) is 2.34. The van der Waals surface area contributed by atoms with Crippen molar-refractivity contribution < 1.29 is 14.3 Å². The minimum absolute atomic E-state index is 0.0956. The standard InChI is InChI=1S/C12H18N2O3/c1-2-16-9-12(15)14-7-8-17-11-5-3-10(13)4-6-11/h3-6H,2,7-9,13H2,1H3,(H,14,15). The second-order valence-electron chi connectivity index (χ2n) is 3.40. The number of ether oxygens (including phenoxy) is 2. The summed E-state index contributed by atoms with van der Waals surface area (Å²) in [6, 6.07) is 7.11. The molecule has 0 aliphatic heterocycles. The average molecular weight is 238 g/mol. The number of hydrogen-bond donors (Lipinski definition) is 2. The van der Waals surface area contributed by atoms with Crippen LogP contribution in [0.3, 0.4) is 0 Å². The lowest BCUT2D eigenvalue weighted by molar-refractivity contribution is -0.125. The lowest BCUT2D eigenvalue weighted by Crippen LogP contribution is -2.31. The van der Waals surface area contributed by atoms with Crippen LogP contribution in [0.15, 0.2) is 24.3 Å². The number of nitrogens with one attached hydrogen (secondary N) is 1. The molecule has 0 aliphatic carbocycles. The summed E-state index contributed by atoms with van der Waals surface area (Å²) in [5, 5.41) is 2.69. The molecule has 1 amide bonds. The second-order valence-corrected chi connectivity index (χ2v) is 3.40. The molecule has 0 aliphatic rings. The fourth-order valence-corrected chi connectivity index (χ4v) is 1.17. The normalized spacial score (nSPS) is 9.94. The highest BCUT2D eigenvalue weighted by atomic mass is 16.5. The minimum atomic E-state index is -0.132. The predicted molar refractivity (Wildman–Crippen MR) is 65.9 cm³/mol.